The van der Waals surface area contributed by atoms with E-state index in [9.17, 15) is 0 Å². The number of alkyl halides is 5. The molecule has 0 nitrogen and oxygen atoms in total. The monoisotopic (exact) mass is 228 g/mol. The van der Waals surface area contributed by atoms with Crippen molar-refractivity contribution in [2.45, 2.75) is 15.6 Å². The summed E-state index contributed by atoms with van der Waals surface area (Å²) in [7, 11) is 0. The van der Waals surface area contributed by atoms with Gasteiger partial charge >= 0.3 is 0 Å². The highest BCUT2D eigenvalue weighted by atomic mass is 35.6. The van der Waals surface area contributed by atoms with Crippen LogP contribution >= 0.6 is 58.0 Å². The summed E-state index contributed by atoms with van der Waals surface area (Å²) in [6.45, 7) is 0. The standard InChI is InChI=1S/C4H5Cl5/c5-2-1-3(6)4(7,8)9/h3H,1-2H2. The Balaban J connectivity index is 3.59. The van der Waals surface area contributed by atoms with Gasteiger partial charge in [0.1, 0.15) is 0 Å². The van der Waals surface area contributed by atoms with Gasteiger partial charge in [0.05, 0.1) is 5.38 Å². The van der Waals surface area contributed by atoms with Crippen LogP contribution in [0.25, 0.3) is 0 Å². The Bertz CT molecular complexity index is 75.5. The van der Waals surface area contributed by atoms with E-state index in [0.717, 1.165) is 0 Å². The van der Waals surface area contributed by atoms with Gasteiger partial charge in [0, 0.05) is 5.88 Å². The van der Waals surface area contributed by atoms with E-state index in [1.807, 2.05) is 0 Å². The highest BCUT2D eigenvalue weighted by molar-refractivity contribution is 6.70. The molecule has 56 valence electrons. The molecule has 1 unspecified atom stereocenters. The average molecular weight is 230 g/mol. The van der Waals surface area contributed by atoms with Crippen molar-refractivity contribution < 1.29 is 0 Å². The zero-order valence-corrected chi connectivity index (χ0v) is 8.16. The SMILES string of the molecule is ClCCC(Cl)C(Cl)(Cl)Cl. The number of rotatable bonds is 2. The van der Waals surface area contributed by atoms with Gasteiger partial charge in [-0.05, 0) is 6.42 Å². The van der Waals surface area contributed by atoms with Gasteiger partial charge in [0.25, 0.3) is 0 Å². The van der Waals surface area contributed by atoms with Crippen molar-refractivity contribution in [2.75, 3.05) is 5.88 Å². The highest BCUT2D eigenvalue weighted by Gasteiger charge is 2.29. The summed E-state index contributed by atoms with van der Waals surface area (Å²) in [5.41, 5.74) is 0. The van der Waals surface area contributed by atoms with Gasteiger partial charge in [-0.1, -0.05) is 34.8 Å². The maximum Gasteiger partial charge on any atom is 0.206 e. The summed E-state index contributed by atoms with van der Waals surface area (Å²) >= 11 is 27.1. The van der Waals surface area contributed by atoms with Crippen molar-refractivity contribution in [1.82, 2.24) is 0 Å². The lowest BCUT2D eigenvalue weighted by molar-refractivity contribution is 0.838. The lowest BCUT2D eigenvalue weighted by atomic mass is 10.4. The molecule has 0 bridgehead atoms. The molecule has 0 aromatic rings. The van der Waals surface area contributed by atoms with Crippen LogP contribution in [-0.2, 0) is 0 Å². The van der Waals surface area contributed by atoms with Crippen LogP contribution in [0.3, 0.4) is 0 Å². The Morgan fingerprint density at radius 2 is 1.67 bits per heavy atom. The molecule has 0 spiro atoms. The molecular formula is C4H5Cl5. The topological polar surface area (TPSA) is 0 Å². The van der Waals surface area contributed by atoms with Crippen LogP contribution in [0.5, 0.6) is 0 Å². The molecule has 0 rings (SSSR count). The van der Waals surface area contributed by atoms with Gasteiger partial charge in [0.2, 0.25) is 3.79 Å². The lowest BCUT2D eigenvalue weighted by Crippen LogP contribution is -2.19. The van der Waals surface area contributed by atoms with E-state index >= 15 is 0 Å². The molecule has 0 aliphatic rings. The fourth-order valence-corrected chi connectivity index (χ4v) is 1.03. The molecule has 0 aliphatic heterocycles. The summed E-state index contributed by atoms with van der Waals surface area (Å²) in [4.78, 5) is 0. The third kappa shape index (κ3) is 4.80. The van der Waals surface area contributed by atoms with E-state index in [4.69, 9.17) is 58.0 Å². The maximum absolute atomic E-state index is 5.58. The summed E-state index contributed by atoms with van der Waals surface area (Å²) in [6, 6.07) is 0. The minimum atomic E-state index is -1.39. The molecule has 0 amide bonds. The zero-order valence-electron chi connectivity index (χ0n) is 4.38. The number of hydrogen-bond acceptors (Lipinski definition) is 0. The number of hydrogen-bond donors (Lipinski definition) is 0. The Hall–Kier alpha value is 1.45. The van der Waals surface area contributed by atoms with Crippen molar-refractivity contribution >= 4 is 58.0 Å². The van der Waals surface area contributed by atoms with E-state index in [-0.39, 0.29) is 0 Å². The molecule has 1 atom stereocenters. The molecule has 0 saturated carbocycles. The summed E-state index contributed by atoms with van der Waals surface area (Å²) in [5, 5.41) is -0.500. The van der Waals surface area contributed by atoms with Crippen molar-refractivity contribution in [1.29, 1.82) is 0 Å². The van der Waals surface area contributed by atoms with Gasteiger partial charge in [-0.15, -0.1) is 23.2 Å². The third-order valence-corrected chi connectivity index (χ3v) is 2.61. The van der Waals surface area contributed by atoms with E-state index in [1.54, 1.807) is 0 Å². The average Bonchev–Trinajstić information content (AvgIpc) is 1.64. The van der Waals surface area contributed by atoms with Crippen LogP contribution in [-0.4, -0.2) is 15.0 Å². The maximum atomic E-state index is 5.58. The van der Waals surface area contributed by atoms with Crippen molar-refractivity contribution in [3.05, 3.63) is 0 Å². The second-order valence-electron chi connectivity index (χ2n) is 1.49. The molecule has 0 radical (unpaired) electrons. The molecule has 0 aromatic carbocycles. The molecule has 0 heterocycles. The molecule has 0 aromatic heterocycles. The summed E-state index contributed by atoms with van der Waals surface area (Å²) in [6.07, 6.45) is 0.500. The van der Waals surface area contributed by atoms with Crippen LogP contribution in [0, 0.1) is 0 Å². The first-order valence-corrected chi connectivity index (χ1v) is 4.35. The second kappa shape index (κ2) is 4.35. The van der Waals surface area contributed by atoms with Gasteiger partial charge in [0.15, 0.2) is 0 Å². The van der Waals surface area contributed by atoms with Crippen LogP contribution < -0.4 is 0 Å². The van der Waals surface area contributed by atoms with Crippen LogP contribution in [0.4, 0.5) is 0 Å². The van der Waals surface area contributed by atoms with Crippen molar-refractivity contribution in [3.8, 4) is 0 Å². The summed E-state index contributed by atoms with van der Waals surface area (Å²) in [5.74, 6) is 0.405. The quantitative estimate of drug-likeness (QED) is 0.636. The Kier molecular flexibility index (Phi) is 5.05. The van der Waals surface area contributed by atoms with Gasteiger partial charge in [-0.25, -0.2) is 0 Å². The molecule has 0 saturated heterocycles. The molecule has 9 heavy (non-hydrogen) atoms. The Labute approximate surface area is 79.4 Å². The van der Waals surface area contributed by atoms with Crippen LogP contribution in [0.15, 0.2) is 0 Å². The predicted octanol–water partition coefficient (Wildman–Crippen LogP) is 3.59. The van der Waals surface area contributed by atoms with Crippen molar-refractivity contribution in [3.63, 3.8) is 0 Å². The molecule has 0 aliphatic carbocycles. The number of halogens is 5. The van der Waals surface area contributed by atoms with Crippen molar-refractivity contribution in [2.24, 2.45) is 0 Å². The second-order valence-corrected chi connectivity index (χ2v) is 4.76. The highest BCUT2D eigenvalue weighted by Crippen LogP contribution is 2.35. The van der Waals surface area contributed by atoms with E-state index in [2.05, 4.69) is 0 Å². The minimum Gasteiger partial charge on any atom is -0.127 e. The first-order chi connectivity index (χ1) is 3.98. The first kappa shape index (κ1) is 10.4. The van der Waals surface area contributed by atoms with E-state index in [0.29, 0.717) is 12.3 Å². The van der Waals surface area contributed by atoms with Crippen LogP contribution in [0.2, 0.25) is 0 Å². The van der Waals surface area contributed by atoms with E-state index < -0.39 is 9.17 Å². The smallest absolute Gasteiger partial charge is 0.127 e. The first-order valence-electron chi connectivity index (χ1n) is 2.25. The minimum absolute atomic E-state index is 0.405. The fraction of sp³-hybridized carbons (Fsp3) is 1.00. The largest absolute Gasteiger partial charge is 0.206 e. The molecule has 0 fully saturated rings. The summed E-state index contributed by atoms with van der Waals surface area (Å²) < 4.78 is -1.39. The van der Waals surface area contributed by atoms with Crippen LogP contribution in [0.1, 0.15) is 6.42 Å². The molecule has 5 heteroatoms. The predicted molar refractivity (Wildman–Crippen MR) is 45.3 cm³/mol. The van der Waals surface area contributed by atoms with E-state index in [1.165, 1.54) is 0 Å². The normalized spacial score (nSPS) is 15.7. The molecule has 0 N–H and O–H groups in total. The molecular weight excluding hydrogens is 225 g/mol. The van der Waals surface area contributed by atoms with Gasteiger partial charge in [-0.3, -0.25) is 0 Å². The third-order valence-electron chi connectivity index (χ3n) is 0.718. The fourth-order valence-electron chi connectivity index (χ4n) is 0.259. The van der Waals surface area contributed by atoms with Gasteiger partial charge < -0.3 is 0 Å². The van der Waals surface area contributed by atoms with Gasteiger partial charge in [-0.2, -0.15) is 0 Å². The lowest BCUT2D eigenvalue weighted by Gasteiger charge is -2.15. The Morgan fingerprint density at radius 3 is 1.78 bits per heavy atom. The Morgan fingerprint density at radius 1 is 1.22 bits per heavy atom. The zero-order chi connectivity index (χ0) is 7.49.